The van der Waals surface area contributed by atoms with Crippen LogP contribution in [0.25, 0.3) is 11.1 Å². The number of hydrogen-bond donors (Lipinski definition) is 1. The number of aromatic nitrogens is 2. The van der Waals surface area contributed by atoms with Gasteiger partial charge < -0.3 is 5.32 Å². The molecule has 1 N–H and O–H groups in total. The van der Waals surface area contributed by atoms with E-state index in [-0.39, 0.29) is 0 Å². The Bertz CT molecular complexity index is 577. The van der Waals surface area contributed by atoms with Gasteiger partial charge in [-0.05, 0) is 44.7 Å². The van der Waals surface area contributed by atoms with Gasteiger partial charge in [-0.1, -0.05) is 24.3 Å². The Kier molecular flexibility index (Phi) is 3.62. The van der Waals surface area contributed by atoms with Crippen LogP contribution in [0.4, 0.5) is 0 Å². The van der Waals surface area contributed by atoms with Crippen LogP contribution in [0.2, 0.25) is 0 Å². The lowest BCUT2D eigenvalue weighted by atomic mass is 10.0. The van der Waals surface area contributed by atoms with E-state index in [1.54, 1.807) is 0 Å². The Morgan fingerprint density at radius 3 is 2.50 bits per heavy atom. The Hall–Kier alpha value is -1.61. The fourth-order valence-corrected chi connectivity index (χ4v) is 2.38. The van der Waals surface area contributed by atoms with E-state index >= 15 is 0 Å². The molecule has 1 aromatic carbocycles. The second kappa shape index (κ2) is 5.41. The molecule has 1 fully saturated rings. The van der Waals surface area contributed by atoms with Gasteiger partial charge in [0.25, 0.3) is 0 Å². The van der Waals surface area contributed by atoms with E-state index in [4.69, 9.17) is 0 Å². The molecule has 3 heteroatoms. The molecule has 0 spiro atoms. The highest BCUT2D eigenvalue weighted by Gasteiger charge is 2.19. The quantitative estimate of drug-likeness (QED) is 0.897. The van der Waals surface area contributed by atoms with Crippen LogP contribution in [0.3, 0.4) is 0 Å². The Balaban J connectivity index is 1.75. The van der Waals surface area contributed by atoms with E-state index in [0.717, 1.165) is 18.3 Å². The third-order valence-electron chi connectivity index (χ3n) is 3.88. The van der Waals surface area contributed by atoms with E-state index in [1.165, 1.54) is 29.5 Å². The molecule has 0 aliphatic heterocycles. The zero-order chi connectivity index (χ0) is 14.1. The molecule has 2 aromatic rings. The fourth-order valence-electron chi connectivity index (χ4n) is 2.38. The van der Waals surface area contributed by atoms with Gasteiger partial charge in [0, 0.05) is 30.4 Å². The van der Waals surface area contributed by atoms with Gasteiger partial charge in [-0.3, -0.25) is 4.68 Å². The third-order valence-corrected chi connectivity index (χ3v) is 3.88. The molecular formula is C17H23N3. The number of nitrogens with zero attached hydrogens (tertiary/aromatic N) is 2. The van der Waals surface area contributed by atoms with Crippen LogP contribution in [0.15, 0.2) is 30.5 Å². The first-order chi connectivity index (χ1) is 9.63. The highest BCUT2D eigenvalue weighted by atomic mass is 15.3. The number of hydrogen-bond acceptors (Lipinski definition) is 2. The minimum atomic E-state index is 0.407. The molecule has 20 heavy (non-hydrogen) atoms. The monoisotopic (exact) mass is 269 g/mol. The molecule has 0 amide bonds. The van der Waals surface area contributed by atoms with Gasteiger partial charge in [-0.15, -0.1) is 0 Å². The highest BCUT2D eigenvalue weighted by molar-refractivity contribution is 5.65. The number of nitrogens with one attached hydrogen (secondary N) is 1. The van der Waals surface area contributed by atoms with E-state index in [9.17, 15) is 0 Å². The first-order valence-corrected chi connectivity index (χ1v) is 7.52. The van der Waals surface area contributed by atoms with Crippen molar-refractivity contribution < 1.29 is 0 Å². The maximum absolute atomic E-state index is 4.58. The van der Waals surface area contributed by atoms with Gasteiger partial charge in [-0.25, -0.2) is 0 Å². The van der Waals surface area contributed by atoms with Gasteiger partial charge in [-0.2, -0.15) is 5.10 Å². The van der Waals surface area contributed by atoms with E-state index in [2.05, 4.69) is 61.6 Å². The van der Waals surface area contributed by atoms with Crippen LogP contribution in [0.5, 0.6) is 0 Å². The molecule has 0 atom stereocenters. The van der Waals surface area contributed by atoms with Gasteiger partial charge >= 0.3 is 0 Å². The van der Waals surface area contributed by atoms with Crippen LogP contribution in [0, 0.1) is 6.92 Å². The smallest absolute Gasteiger partial charge is 0.0672 e. The number of aryl methyl sites for hydroxylation is 1. The lowest BCUT2D eigenvalue weighted by molar-refractivity contribution is 0.529. The predicted molar refractivity (Wildman–Crippen MR) is 82.6 cm³/mol. The molecule has 0 saturated heterocycles. The Morgan fingerprint density at radius 1 is 1.25 bits per heavy atom. The van der Waals surface area contributed by atoms with Crippen molar-refractivity contribution in [3.8, 4) is 11.1 Å². The predicted octanol–water partition coefficient (Wildman–Crippen LogP) is 3.69. The molecule has 0 radical (unpaired) electrons. The summed E-state index contributed by atoms with van der Waals surface area (Å²) in [7, 11) is 0. The van der Waals surface area contributed by atoms with E-state index in [0.29, 0.717) is 6.04 Å². The van der Waals surface area contributed by atoms with Crippen LogP contribution < -0.4 is 5.32 Å². The zero-order valence-corrected chi connectivity index (χ0v) is 12.6. The van der Waals surface area contributed by atoms with Crippen molar-refractivity contribution in [3.63, 3.8) is 0 Å². The fraction of sp³-hybridized carbons (Fsp3) is 0.471. The maximum atomic E-state index is 4.58. The minimum Gasteiger partial charge on any atom is -0.310 e. The van der Waals surface area contributed by atoms with Gasteiger partial charge in [0.2, 0.25) is 0 Å². The maximum Gasteiger partial charge on any atom is 0.0672 e. The van der Waals surface area contributed by atoms with Gasteiger partial charge in [0.15, 0.2) is 0 Å². The average molecular weight is 269 g/mol. The summed E-state index contributed by atoms with van der Waals surface area (Å²) in [4.78, 5) is 0. The van der Waals surface area contributed by atoms with Gasteiger partial charge in [0.1, 0.15) is 0 Å². The summed E-state index contributed by atoms with van der Waals surface area (Å²) < 4.78 is 2.03. The summed E-state index contributed by atoms with van der Waals surface area (Å²) >= 11 is 0. The molecule has 1 aliphatic rings. The van der Waals surface area contributed by atoms with Crippen molar-refractivity contribution in [2.24, 2.45) is 0 Å². The van der Waals surface area contributed by atoms with Crippen LogP contribution in [-0.2, 0) is 6.54 Å². The standard InChI is InChI=1S/C17H23N3/c1-12(2)20-11-17(13(3)19-20)15-6-4-14(5-7-15)10-18-16-8-9-16/h4-7,11-12,16,18H,8-10H2,1-3H3. The summed E-state index contributed by atoms with van der Waals surface area (Å²) in [6, 6.07) is 10.0. The molecule has 1 aliphatic carbocycles. The van der Waals surface area contributed by atoms with Crippen molar-refractivity contribution in [3.05, 3.63) is 41.7 Å². The minimum absolute atomic E-state index is 0.407. The second-order valence-corrected chi connectivity index (χ2v) is 6.05. The number of benzene rings is 1. The Morgan fingerprint density at radius 2 is 1.95 bits per heavy atom. The molecule has 0 unspecified atom stereocenters. The summed E-state index contributed by atoms with van der Waals surface area (Å²) in [5.41, 5.74) is 4.95. The molecular weight excluding hydrogens is 246 g/mol. The summed E-state index contributed by atoms with van der Waals surface area (Å²) in [5, 5.41) is 8.13. The molecule has 0 bridgehead atoms. The molecule has 3 rings (SSSR count). The first-order valence-electron chi connectivity index (χ1n) is 7.52. The van der Waals surface area contributed by atoms with Crippen molar-refractivity contribution >= 4 is 0 Å². The van der Waals surface area contributed by atoms with Crippen LogP contribution in [0.1, 0.15) is 44.0 Å². The van der Waals surface area contributed by atoms with Gasteiger partial charge in [0.05, 0.1) is 5.69 Å². The normalized spacial score (nSPS) is 15.0. The average Bonchev–Trinajstić information content (AvgIpc) is 3.18. The molecule has 1 heterocycles. The van der Waals surface area contributed by atoms with Crippen LogP contribution >= 0.6 is 0 Å². The summed E-state index contributed by atoms with van der Waals surface area (Å²) in [6.45, 7) is 7.37. The zero-order valence-electron chi connectivity index (χ0n) is 12.6. The van der Waals surface area contributed by atoms with Crippen molar-refractivity contribution in [2.75, 3.05) is 0 Å². The second-order valence-electron chi connectivity index (χ2n) is 6.05. The Labute approximate surface area is 121 Å². The molecule has 106 valence electrons. The summed E-state index contributed by atoms with van der Waals surface area (Å²) in [6.07, 6.45) is 4.83. The SMILES string of the molecule is Cc1nn(C(C)C)cc1-c1ccc(CNC2CC2)cc1. The topological polar surface area (TPSA) is 29.9 Å². The van der Waals surface area contributed by atoms with Crippen molar-refractivity contribution in [1.29, 1.82) is 0 Å². The summed E-state index contributed by atoms with van der Waals surface area (Å²) in [5.74, 6) is 0. The molecule has 3 nitrogen and oxygen atoms in total. The third kappa shape index (κ3) is 2.93. The van der Waals surface area contributed by atoms with E-state index in [1.807, 2.05) is 4.68 Å². The number of rotatable bonds is 5. The highest BCUT2D eigenvalue weighted by Crippen LogP contribution is 2.25. The lowest BCUT2D eigenvalue weighted by Gasteiger charge is -2.05. The first kappa shape index (κ1) is 13.4. The lowest BCUT2D eigenvalue weighted by Crippen LogP contribution is -2.14. The van der Waals surface area contributed by atoms with Crippen LogP contribution in [-0.4, -0.2) is 15.8 Å². The largest absolute Gasteiger partial charge is 0.310 e. The molecule has 1 saturated carbocycles. The molecule has 1 aromatic heterocycles. The van der Waals surface area contributed by atoms with Crippen molar-refractivity contribution in [2.45, 2.75) is 52.2 Å². The van der Waals surface area contributed by atoms with Crippen molar-refractivity contribution in [1.82, 2.24) is 15.1 Å². The van der Waals surface area contributed by atoms with E-state index < -0.39 is 0 Å².